The number of rotatable bonds is 6. The fraction of sp³-hybridized carbons (Fsp3) is 0.143. The van der Waals surface area contributed by atoms with E-state index in [2.05, 4.69) is 29.1 Å². The van der Waals surface area contributed by atoms with Gasteiger partial charge in [-0.05, 0) is 24.7 Å². The van der Waals surface area contributed by atoms with Gasteiger partial charge < -0.3 is 4.84 Å². The van der Waals surface area contributed by atoms with E-state index in [-0.39, 0.29) is 6.61 Å². The van der Waals surface area contributed by atoms with E-state index < -0.39 is 13.0 Å². The molecule has 0 aliphatic heterocycles. The minimum Gasteiger partial charge on any atom is -0.314 e. The van der Waals surface area contributed by atoms with Crippen molar-refractivity contribution in [3.8, 4) is 0 Å². The Balaban J connectivity index is 2.17. The van der Waals surface area contributed by atoms with Crippen molar-refractivity contribution in [2.45, 2.75) is 0 Å². The molecule has 0 N–H and O–H groups in total. The molecular weight excluding hydrogens is 261 g/mol. The van der Waals surface area contributed by atoms with Gasteiger partial charge in [-0.25, -0.2) is 0 Å². The van der Waals surface area contributed by atoms with Gasteiger partial charge in [0.25, 0.3) is 5.09 Å². The van der Waals surface area contributed by atoms with Crippen molar-refractivity contribution in [3.05, 3.63) is 70.8 Å². The van der Waals surface area contributed by atoms with E-state index in [1.807, 2.05) is 36.4 Å². The molecule has 0 aliphatic carbocycles. The first-order valence-electron chi connectivity index (χ1n) is 5.92. The first kappa shape index (κ1) is 13.5. The molecule has 0 atom stereocenters. The predicted octanol–water partition coefficient (Wildman–Crippen LogP) is 2.33. The number of hydrogen-bond acceptors (Lipinski definition) is 3. The average molecular weight is 275 g/mol. The fourth-order valence-corrected chi connectivity index (χ4v) is 3.97. The lowest BCUT2D eigenvalue weighted by Gasteiger charge is -2.17. The second-order valence-corrected chi connectivity index (χ2v) is 6.22. The molecule has 5 heteroatoms. The van der Waals surface area contributed by atoms with E-state index in [1.54, 1.807) is 0 Å². The maximum Gasteiger partial charge on any atom is 0.294 e. The van der Waals surface area contributed by atoms with Crippen molar-refractivity contribution < 1.29 is 9.92 Å². The number of nitrogens with zero attached hydrogens (tertiary/aromatic N) is 1. The molecule has 0 bridgehead atoms. The summed E-state index contributed by atoms with van der Waals surface area (Å²) < 4.78 is 0. The zero-order valence-corrected chi connectivity index (χ0v) is 11.2. The zero-order valence-electron chi connectivity index (χ0n) is 10.3. The largest absolute Gasteiger partial charge is 0.314 e. The molecule has 0 radical (unpaired) electrons. The van der Waals surface area contributed by atoms with Crippen LogP contribution in [0.25, 0.3) is 0 Å². The van der Waals surface area contributed by atoms with Gasteiger partial charge in [0.2, 0.25) is 0 Å². The molecule has 0 amide bonds. The van der Waals surface area contributed by atoms with Gasteiger partial charge in [0, 0.05) is 0 Å². The quantitative estimate of drug-likeness (QED) is 0.462. The van der Waals surface area contributed by atoms with Crippen molar-refractivity contribution in [2.75, 3.05) is 12.8 Å². The van der Waals surface area contributed by atoms with Crippen LogP contribution in [-0.2, 0) is 4.84 Å². The van der Waals surface area contributed by atoms with E-state index in [9.17, 15) is 10.1 Å². The third-order valence-corrected chi connectivity index (χ3v) is 5.12. The van der Waals surface area contributed by atoms with E-state index in [0.29, 0.717) is 6.16 Å². The third-order valence-electron chi connectivity index (χ3n) is 2.65. The molecule has 98 valence electrons. The van der Waals surface area contributed by atoms with Crippen LogP contribution in [0, 0.1) is 10.1 Å². The van der Waals surface area contributed by atoms with Gasteiger partial charge in [0.1, 0.15) is 6.61 Å². The molecule has 2 rings (SSSR count). The summed E-state index contributed by atoms with van der Waals surface area (Å²) in [5, 5.41) is 11.9. The van der Waals surface area contributed by atoms with Crippen LogP contribution in [0.15, 0.2) is 60.7 Å². The van der Waals surface area contributed by atoms with Gasteiger partial charge in [-0.2, -0.15) is 0 Å². The predicted molar refractivity (Wildman–Crippen MR) is 76.9 cm³/mol. The van der Waals surface area contributed by atoms with E-state index in [4.69, 9.17) is 0 Å². The maximum atomic E-state index is 10.2. The number of hydrogen-bond donors (Lipinski definition) is 0. The molecule has 0 spiro atoms. The summed E-state index contributed by atoms with van der Waals surface area (Å²) in [6, 6.07) is 20.1. The highest BCUT2D eigenvalue weighted by Gasteiger charge is 2.13. The fourth-order valence-electron chi connectivity index (χ4n) is 1.83. The molecule has 0 saturated carbocycles. The van der Waals surface area contributed by atoms with E-state index in [1.165, 1.54) is 10.6 Å². The molecule has 0 heterocycles. The summed E-state index contributed by atoms with van der Waals surface area (Å²) in [7, 11) is -0.611. The molecule has 2 aromatic rings. The molecule has 0 fully saturated rings. The Bertz CT molecular complexity index is 479. The number of benzene rings is 2. The molecule has 0 saturated heterocycles. The molecule has 19 heavy (non-hydrogen) atoms. The van der Waals surface area contributed by atoms with E-state index >= 15 is 0 Å². The Morgan fingerprint density at radius 3 is 1.84 bits per heavy atom. The Labute approximate surface area is 112 Å². The first-order valence-corrected chi connectivity index (χ1v) is 7.45. The normalized spacial score (nSPS) is 10.4. The van der Waals surface area contributed by atoms with Gasteiger partial charge in [-0.15, -0.1) is 10.1 Å². The van der Waals surface area contributed by atoms with Crippen LogP contribution in [0.2, 0.25) is 0 Å². The van der Waals surface area contributed by atoms with Crippen molar-refractivity contribution in [1.29, 1.82) is 0 Å². The molecule has 0 aromatic heterocycles. The Kier molecular flexibility index (Phi) is 4.87. The Morgan fingerprint density at radius 2 is 1.42 bits per heavy atom. The van der Waals surface area contributed by atoms with Crippen molar-refractivity contribution in [1.82, 2.24) is 0 Å². The molecule has 0 unspecified atom stereocenters. The van der Waals surface area contributed by atoms with Crippen molar-refractivity contribution in [2.24, 2.45) is 0 Å². The van der Waals surface area contributed by atoms with Gasteiger partial charge in [-0.3, -0.25) is 0 Å². The van der Waals surface area contributed by atoms with Crippen LogP contribution >= 0.6 is 7.92 Å². The molecule has 2 aromatic carbocycles. The van der Waals surface area contributed by atoms with Crippen LogP contribution in [0.5, 0.6) is 0 Å². The van der Waals surface area contributed by atoms with Crippen LogP contribution in [0.1, 0.15) is 0 Å². The monoisotopic (exact) mass is 275 g/mol. The summed E-state index contributed by atoms with van der Waals surface area (Å²) in [6.45, 7) is 0.127. The zero-order chi connectivity index (χ0) is 13.5. The van der Waals surface area contributed by atoms with Gasteiger partial charge in [0.05, 0.1) is 0 Å². The summed E-state index contributed by atoms with van der Waals surface area (Å²) in [6.07, 6.45) is 0.643. The second kappa shape index (κ2) is 6.86. The van der Waals surface area contributed by atoms with Crippen molar-refractivity contribution in [3.63, 3.8) is 0 Å². The standard InChI is InChI=1S/C14H14NO3P/c16-15(17)18-11-12-19(13-7-3-1-4-8-13)14-9-5-2-6-10-14/h1-10H,11-12H2. The topological polar surface area (TPSA) is 52.4 Å². The highest BCUT2D eigenvalue weighted by Crippen LogP contribution is 2.32. The lowest BCUT2D eigenvalue weighted by Crippen LogP contribution is -2.17. The third kappa shape index (κ3) is 4.04. The van der Waals surface area contributed by atoms with Crippen LogP contribution < -0.4 is 10.6 Å². The van der Waals surface area contributed by atoms with Crippen LogP contribution in [0.4, 0.5) is 0 Å². The minimum absolute atomic E-state index is 0.127. The maximum absolute atomic E-state index is 10.2. The molecule has 4 nitrogen and oxygen atoms in total. The Hall–Kier alpha value is -1.93. The van der Waals surface area contributed by atoms with E-state index in [0.717, 1.165) is 0 Å². The van der Waals surface area contributed by atoms with Crippen LogP contribution in [-0.4, -0.2) is 17.9 Å². The SMILES string of the molecule is O=[N+]([O-])OCCP(c1ccccc1)c1ccccc1. The second-order valence-electron chi connectivity index (χ2n) is 3.88. The summed E-state index contributed by atoms with van der Waals surface area (Å²) >= 11 is 0. The highest BCUT2D eigenvalue weighted by atomic mass is 31.1. The molecular formula is C14H14NO3P. The lowest BCUT2D eigenvalue weighted by atomic mass is 10.4. The summed E-state index contributed by atoms with van der Waals surface area (Å²) in [5.74, 6) is 0. The lowest BCUT2D eigenvalue weighted by molar-refractivity contribution is -0.756. The summed E-state index contributed by atoms with van der Waals surface area (Å²) in [4.78, 5) is 14.7. The van der Waals surface area contributed by atoms with Crippen LogP contribution in [0.3, 0.4) is 0 Å². The Morgan fingerprint density at radius 1 is 0.947 bits per heavy atom. The van der Waals surface area contributed by atoms with Gasteiger partial charge in [0.15, 0.2) is 0 Å². The first-order chi connectivity index (χ1) is 9.27. The summed E-state index contributed by atoms with van der Waals surface area (Å²) in [5.41, 5.74) is 0. The smallest absolute Gasteiger partial charge is 0.294 e. The minimum atomic E-state index is -0.733. The van der Waals surface area contributed by atoms with Crippen molar-refractivity contribution >= 4 is 18.5 Å². The average Bonchev–Trinajstić information content (AvgIpc) is 2.45. The highest BCUT2D eigenvalue weighted by molar-refractivity contribution is 7.73. The molecule has 0 aliphatic rings. The van der Waals surface area contributed by atoms with Gasteiger partial charge >= 0.3 is 0 Å². The van der Waals surface area contributed by atoms with Gasteiger partial charge in [-0.1, -0.05) is 60.7 Å².